The zero-order valence-corrected chi connectivity index (χ0v) is 16.2. The molecule has 0 atom stereocenters. The summed E-state index contributed by atoms with van der Waals surface area (Å²) in [5.74, 6) is 0.994. The fourth-order valence-electron chi connectivity index (χ4n) is 3.30. The predicted molar refractivity (Wildman–Crippen MR) is 104 cm³/mol. The average Bonchev–Trinajstić information content (AvgIpc) is 3.44. The van der Waals surface area contributed by atoms with E-state index in [0.29, 0.717) is 23.7 Å². The van der Waals surface area contributed by atoms with E-state index < -0.39 is 10.0 Å². The maximum absolute atomic E-state index is 12.6. The molecule has 144 valence electrons. The lowest BCUT2D eigenvalue weighted by Crippen LogP contribution is -2.45. The second kappa shape index (κ2) is 8.39. The van der Waals surface area contributed by atoms with E-state index in [1.165, 1.54) is 12.8 Å². The molecule has 1 heterocycles. The van der Waals surface area contributed by atoms with Crippen LogP contribution in [0, 0.1) is 5.92 Å². The van der Waals surface area contributed by atoms with Crippen LogP contribution in [0.1, 0.15) is 49.4 Å². The molecule has 1 saturated carbocycles. The molecule has 1 amide bonds. The molecule has 1 saturated heterocycles. The lowest BCUT2D eigenvalue weighted by atomic mass is 10.0. The summed E-state index contributed by atoms with van der Waals surface area (Å²) in [5.41, 5.74) is 1.10. The lowest BCUT2D eigenvalue weighted by Gasteiger charge is -2.32. The first-order chi connectivity index (χ1) is 12.5. The number of carbonyl (C=O) groups excluding carboxylic acids is 1. The number of nitrogens with one attached hydrogen (secondary N) is 2. The van der Waals surface area contributed by atoms with E-state index in [-0.39, 0.29) is 11.7 Å². The van der Waals surface area contributed by atoms with Crippen molar-refractivity contribution in [1.82, 2.24) is 10.2 Å². The highest BCUT2D eigenvalue weighted by atomic mass is 32.2. The Kier molecular flexibility index (Phi) is 6.19. The fraction of sp³-hybridized carbons (Fsp3) is 0.632. The summed E-state index contributed by atoms with van der Waals surface area (Å²) < 4.78 is 26.1. The molecule has 0 aromatic heterocycles. The highest BCUT2D eigenvalue weighted by molar-refractivity contribution is 7.92. The quantitative estimate of drug-likeness (QED) is 0.727. The number of amides is 1. The van der Waals surface area contributed by atoms with Gasteiger partial charge in [-0.2, -0.15) is 0 Å². The van der Waals surface area contributed by atoms with Gasteiger partial charge in [0.1, 0.15) is 0 Å². The van der Waals surface area contributed by atoms with Crippen LogP contribution < -0.4 is 10.0 Å². The van der Waals surface area contributed by atoms with E-state index in [2.05, 4.69) is 10.0 Å². The summed E-state index contributed by atoms with van der Waals surface area (Å²) in [6, 6.07) is 7.23. The molecular weight excluding hydrogens is 350 g/mol. The third-order valence-electron chi connectivity index (χ3n) is 5.05. The van der Waals surface area contributed by atoms with E-state index in [0.717, 1.165) is 38.4 Å². The molecule has 0 bridgehead atoms. The molecule has 3 rings (SSSR count). The van der Waals surface area contributed by atoms with Gasteiger partial charge in [-0.1, -0.05) is 6.92 Å². The Bertz CT molecular complexity index is 706. The minimum absolute atomic E-state index is 0.0219. The molecule has 1 aliphatic heterocycles. The molecule has 2 aliphatic rings. The van der Waals surface area contributed by atoms with Crippen LogP contribution in [0.2, 0.25) is 0 Å². The molecular formula is C19H29N3O3S. The standard InChI is InChI=1S/C19H29N3O3S/c1-2-13-26(24,25)21-18-7-5-16(6-8-18)19(23)22-11-9-17(10-12-22)20-14-15-3-4-15/h5-8,15,17,20-21H,2-4,9-14H2,1H3. The van der Waals surface area contributed by atoms with Gasteiger partial charge >= 0.3 is 0 Å². The number of nitrogens with zero attached hydrogens (tertiary/aromatic N) is 1. The van der Waals surface area contributed by atoms with Gasteiger partial charge in [-0.25, -0.2) is 8.42 Å². The molecule has 2 fully saturated rings. The van der Waals surface area contributed by atoms with Gasteiger partial charge in [0, 0.05) is 30.4 Å². The first-order valence-corrected chi connectivity index (χ1v) is 11.3. The number of likely N-dealkylation sites (tertiary alicyclic amines) is 1. The second-order valence-electron chi connectivity index (χ2n) is 7.42. The van der Waals surface area contributed by atoms with Gasteiger partial charge in [-0.15, -0.1) is 0 Å². The normalized spacial score (nSPS) is 18.7. The number of sulfonamides is 1. The number of hydrogen-bond acceptors (Lipinski definition) is 4. The maximum Gasteiger partial charge on any atom is 0.253 e. The highest BCUT2D eigenvalue weighted by Crippen LogP contribution is 2.28. The van der Waals surface area contributed by atoms with Crippen LogP contribution in [0.25, 0.3) is 0 Å². The van der Waals surface area contributed by atoms with Crippen LogP contribution >= 0.6 is 0 Å². The Morgan fingerprint density at radius 2 is 1.77 bits per heavy atom. The van der Waals surface area contributed by atoms with Crippen molar-refractivity contribution in [3.63, 3.8) is 0 Å². The largest absolute Gasteiger partial charge is 0.339 e. The smallest absolute Gasteiger partial charge is 0.253 e. The Labute approximate surface area is 156 Å². The van der Waals surface area contributed by atoms with E-state index >= 15 is 0 Å². The van der Waals surface area contributed by atoms with Gasteiger partial charge in [-0.05, 0) is 68.8 Å². The summed E-state index contributed by atoms with van der Waals surface area (Å²) in [7, 11) is -3.30. The summed E-state index contributed by atoms with van der Waals surface area (Å²) in [5, 5.41) is 3.62. The van der Waals surface area contributed by atoms with Crippen LogP contribution in [0.15, 0.2) is 24.3 Å². The minimum atomic E-state index is -3.30. The van der Waals surface area contributed by atoms with E-state index in [4.69, 9.17) is 0 Å². The van der Waals surface area contributed by atoms with Crippen molar-refractivity contribution in [2.75, 3.05) is 30.1 Å². The Morgan fingerprint density at radius 3 is 2.35 bits per heavy atom. The SMILES string of the molecule is CCCS(=O)(=O)Nc1ccc(C(=O)N2CCC(NCC3CC3)CC2)cc1. The van der Waals surface area contributed by atoms with Crippen LogP contribution in [-0.2, 0) is 10.0 Å². The molecule has 26 heavy (non-hydrogen) atoms. The van der Waals surface area contributed by atoms with E-state index in [1.54, 1.807) is 24.3 Å². The van der Waals surface area contributed by atoms with E-state index in [1.807, 2.05) is 11.8 Å². The predicted octanol–water partition coefficient (Wildman–Crippen LogP) is 2.44. The third-order valence-corrected chi connectivity index (χ3v) is 6.54. The first kappa shape index (κ1) is 19.2. The lowest BCUT2D eigenvalue weighted by molar-refractivity contribution is 0.0705. The van der Waals surface area contributed by atoms with Crippen LogP contribution in [0.3, 0.4) is 0 Å². The average molecular weight is 380 g/mol. The monoisotopic (exact) mass is 379 g/mol. The summed E-state index contributed by atoms with van der Waals surface area (Å²) in [6.45, 7) is 4.48. The molecule has 0 spiro atoms. The number of carbonyl (C=O) groups is 1. The van der Waals surface area contributed by atoms with Crippen LogP contribution in [0.5, 0.6) is 0 Å². The van der Waals surface area contributed by atoms with Gasteiger partial charge in [0.2, 0.25) is 10.0 Å². The van der Waals surface area contributed by atoms with Crippen molar-refractivity contribution >= 4 is 21.6 Å². The number of rotatable bonds is 8. The topological polar surface area (TPSA) is 78.5 Å². The number of hydrogen-bond donors (Lipinski definition) is 2. The summed E-state index contributed by atoms with van der Waals surface area (Å²) in [6.07, 6.45) is 5.27. The van der Waals surface area contributed by atoms with Gasteiger partial charge in [0.05, 0.1) is 5.75 Å². The zero-order valence-electron chi connectivity index (χ0n) is 15.4. The van der Waals surface area contributed by atoms with Crippen molar-refractivity contribution in [1.29, 1.82) is 0 Å². The van der Waals surface area contributed by atoms with Gasteiger partial charge in [0.15, 0.2) is 0 Å². The summed E-state index contributed by atoms with van der Waals surface area (Å²) >= 11 is 0. The van der Waals surface area contributed by atoms with Crippen LogP contribution in [-0.4, -0.2) is 50.7 Å². The van der Waals surface area contributed by atoms with Gasteiger partial charge in [-0.3, -0.25) is 9.52 Å². The van der Waals surface area contributed by atoms with Crippen molar-refractivity contribution in [2.45, 2.75) is 45.1 Å². The molecule has 6 nitrogen and oxygen atoms in total. The van der Waals surface area contributed by atoms with Crippen molar-refractivity contribution in [2.24, 2.45) is 5.92 Å². The van der Waals surface area contributed by atoms with E-state index in [9.17, 15) is 13.2 Å². The minimum Gasteiger partial charge on any atom is -0.339 e. The fourth-order valence-corrected chi connectivity index (χ4v) is 4.44. The van der Waals surface area contributed by atoms with Crippen LogP contribution in [0.4, 0.5) is 5.69 Å². The molecule has 1 aromatic carbocycles. The van der Waals surface area contributed by atoms with Gasteiger partial charge in [0.25, 0.3) is 5.91 Å². The van der Waals surface area contributed by atoms with Crippen molar-refractivity contribution < 1.29 is 13.2 Å². The molecule has 1 aliphatic carbocycles. The zero-order chi connectivity index (χ0) is 18.6. The molecule has 0 radical (unpaired) electrons. The summed E-state index contributed by atoms with van der Waals surface area (Å²) in [4.78, 5) is 14.5. The maximum atomic E-state index is 12.6. The first-order valence-electron chi connectivity index (χ1n) is 9.60. The van der Waals surface area contributed by atoms with Gasteiger partial charge < -0.3 is 10.2 Å². The Hall–Kier alpha value is -1.60. The number of benzene rings is 1. The second-order valence-corrected chi connectivity index (χ2v) is 9.26. The highest BCUT2D eigenvalue weighted by Gasteiger charge is 2.26. The molecule has 2 N–H and O–H groups in total. The molecule has 0 unspecified atom stereocenters. The Balaban J connectivity index is 1.50. The third kappa shape index (κ3) is 5.45. The number of anilines is 1. The molecule has 7 heteroatoms. The molecule has 1 aromatic rings. The Morgan fingerprint density at radius 1 is 1.12 bits per heavy atom. The van der Waals surface area contributed by atoms with Crippen molar-refractivity contribution in [3.8, 4) is 0 Å². The number of piperidine rings is 1. The van der Waals surface area contributed by atoms with Crippen molar-refractivity contribution in [3.05, 3.63) is 29.8 Å².